The molecule has 1 aliphatic rings. The maximum atomic E-state index is 12.2. The summed E-state index contributed by atoms with van der Waals surface area (Å²) >= 11 is 1.41. The van der Waals surface area contributed by atoms with Crippen molar-refractivity contribution in [3.05, 3.63) is 65.9 Å². The number of nitrogen functional groups attached to an aromatic ring is 1. The molecule has 0 aliphatic carbocycles. The molecule has 12 heteroatoms. The van der Waals surface area contributed by atoms with Crippen molar-refractivity contribution in [1.82, 2.24) is 39.6 Å². The molecular weight excluding hydrogens is 464 g/mol. The Hall–Kier alpha value is -4.06. The Morgan fingerprint density at radius 1 is 1.09 bits per heavy atom. The number of anilines is 3. The van der Waals surface area contributed by atoms with Crippen LogP contribution in [0.5, 0.6) is 0 Å². The number of aryl methyl sites for hydroxylation is 1. The number of carbonyl (C=O) groups is 1. The highest BCUT2D eigenvalue weighted by atomic mass is 32.2. The van der Waals surface area contributed by atoms with Gasteiger partial charge in [-0.3, -0.25) is 9.36 Å². The molecule has 0 bridgehead atoms. The van der Waals surface area contributed by atoms with E-state index in [1.165, 1.54) is 11.8 Å². The molecule has 5 rings (SSSR count). The Morgan fingerprint density at radius 2 is 1.94 bits per heavy atom. The number of nitrogens with one attached hydrogen (secondary N) is 1. The average Bonchev–Trinajstić information content (AvgIpc) is 3.45. The van der Waals surface area contributed by atoms with Crippen molar-refractivity contribution in [1.29, 1.82) is 0 Å². The van der Waals surface area contributed by atoms with Gasteiger partial charge >= 0.3 is 0 Å². The van der Waals surface area contributed by atoms with Gasteiger partial charge in [0.1, 0.15) is 11.6 Å². The fourth-order valence-corrected chi connectivity index (χ4v) is 4.59. The first-order valence-corrected chi connectivity index (χ1v) is 12.1. The third-order valence-corrected chi connectivity index (χ3v) is 6.43. The zero-order chi connectivity index (χ0) is 24.2. The van der Waals surface area contributed by atoms with Gasteiger partial charge in [0.15, 0.2) is 11.0 Å². The number of benzene rings is 1. The maximum Gasteiger partial charge on any atom is 0.232 e. The summed E-state index contributed by atoms with van der Waals surface area (Å²) in [5, 5.41) is 12.6. The lowest BCUT2D eigenvalue weighted by Gasteiger charge is -2.16. The molecule has 3 N–H and O–H groups in total. The first kappa shape index (κ1) is 22.7. The number of carbonyl (C=O) groups excluding carboxylic acids is 1. The number of hydrogen-bond acceptors (Lipinski definition) is 10. The number of likely N-dealkylation sites (tertiary alicyclic amines) is 1. The molecule has 1 aromatic carbocycles. The number of nitrogens with zero attached hydrogens (tertiary/aromatic N) is 8. The average molecular weight is 489 g/mol. The molecule has 1 amide bonds. The van der Waals surface area contributed by atoms with Crippen LogP contribution in [0.4, 0.5) is 17.6 Å². The number of amides is 1. The lowest BCUT2D eigenvalue weighted by atomic mass is 10.2. The van der Waals surface area contributed by atoms with Gasteiger partial charge in [0.25, 0.3) is 0 Å². The van der Waals surface area contributed by atoms with Gasteiger partial charge in [0.2, 0.25) is 17.8 Å². The van der Waals surface area contributed by atoms with Crippen LogP contribution < -0.4 is 11.1 Å². The maximum absolute atomic E-state index is 12.2. The molecule has 0 unspecified atom stereocenters. The molecule has 4 aromatic rings. The van der Waals surface area contributed by atoms with E-state index < -0.39 is 0 Å². The van der Waals surface area contributed by atoms with Crippen molar-refractivity contribution in [2.45, 2.75) is 37.2 Å². The van der Waals surface area contributed by atoms with Gasteiger partial charge in [-0.2, -0.15) is 15.0 Å². The molecular formula is C23H24N10OS. The van der Waals surface area contributed by atoms with Crippen molar-refractivity contribution in [3.63, 3.8) is 0 Å². The molecule has 1 aliphatic heterocycles. The van der Waals surface area contributed by atoms with Crippen LogP contribution in [0.15, 0.2) is 53.8 Å². The quantitative estimate of drug-likeness (QED) is 0.356. The summed E-state index contributed by atoms with van der Waals surface area (Å²) in [5.41, 5.74) is 7.92. The van der Waals surface area contributed by atoms with Crippen LogP contribution in [0.1, 0.15) is 30.1 Å². The molecule has 0 radical (unpaired) electrons. The molecule has 0 saturated carbocycles. The lowest BCUT2D eigenvalue weighted by Crippen LogP contribution is -2.25. The van der Waals surface area contributed by atoms with E-state index in [1.54, 1.807) is 11.1 Å². The molecule has 178 valence electrons. The molecule has 3 aromatic heterocycles. The Bertz CT molecular complexity index is 1340. The Kier molecular flexibility index (Phi) is 6.53. The van der Waals surface area contributed by atoms with Crippen molar-refractivity contribution in [2.24, 2.45) is 0 Å². The number of hydrogen-bond donors (Lipinski definition) is 2. The molecule has 1 fully saturated rings. The standard InChI is InChI=1S/C23H24N10OS/c1-15-7-2-3-8-16(15)26-22-28-17(27-21(24)29-22)14-35-23-31-30-19(13-32-12-6-10-20(32)34)33(23)18-9-4-5-11-25-18/h2-5,7-9,11H,6,10,12-14H2,1H3,(H3,24,26,27,28,29). The Morgan fingerprint density at radius 3 is 2.71 bits per heavy atom. The van der Waals surface area contributed by atoms with Crippen LogP contribution in [0.3, 0.4) is 0 Å². The summed E-state index contributed by atoms with van der Waals surface area (Å²) in [6.45, 7) is 3.10. The highest BCUT2D eigenvalue weighted by molar-refractivity contribution is 7.98. The second-order valence-corrected chi connectivity index (χ2v) is 8.95. The third-order valence-electron chi connectivity index (χ3n) is 5.50. The van der Waals surface area contributed by atoms with E-state index in [0.29, 0.717) is 47.3 Å². The number of rotatable bonds is 8. The topological polar surface area (TPSA) is 141 Å². The zero-order valence-electron chi connectivity index (χ0n) is 19.1. The summed E-state index contributed by atoms with van der Waals surface area (Å²) < 4.78 is 1.87. The van der Waals surface area contributed by atoms with Crippen LogP contribution in [0.25, 0.3) is 5.82 Å². The Labute approximate surface area is 206 Å². The molecule has 1 saturated heterocycles. The smallest absolute Gasteiger partial charge is 0.232 e. The van der Waals surface area contributed by atoms with Crippen LogP contribution in [0.2, 0.25) is 0 Å². The molecule has 0 atom stereocenters. The SMILES string of the molecule is Cc1ccccc1Nc1nc(N)nc(CSc2nnc(CN3CCCC3=O)n2-c2ccccn2)n1. The molecule has 0 spiro atoms. The minimum atomic E-state index is 0.129. The van der Waals surface area contributed by atoms with Crippen molar-refractivity contribution < 1.29 is 4.79 Å². The van der Waals surface area contributed by atoms with Crippen LogP contribution >= 0.6 is 11.8 Å². The van der Waals surface area contributed by atoms with Crippen LogP contribution in [0, 0.1) is 6.92 Å². The van der Waals surface area contributed by atoms with E-state index in [-0.39, 0.29) is 11.9 Å². The van der Waals surface area contributed by atoms with E-state index >= 15 is 0 Å². The lowest BCUT2D eigenvalue weighted by molar-refractivity contribution is -0.128. The minimum Gasteiger partial charge on any atom is -0.368 e. The largest absolute Gasteiger partial charge is 0.368 e. The van der Waals surface area contributed by atoms with E-state index in [4.69, 9.17) is 5.73 Å². The first-order chi connectivity index (χ1) is 17.1. The summed E-state index contributed by atoms with van der Waals surface area (Å²) in [5.74, 6) is 2.86. The van der Waals surface area contributed by atoms with Crippen molar-refractivity contribution in [3.8, 4) is 5.82 Å². The van der Waals surface area contributed by atoms with Gasteiger partial charge in [-0.1, -0.05) is 36.0 Å². The fraction of sp³-hybridized carbons (Fsp3) is 0.261. The second kappa shape index (κ2) is 10.1. The van der Waals surface area contributed by atoms with Crippen LogP contribution in [-0.4, -0.2) is 52.1 Å². The summed E-state index contributed by atoms with van der Waals surface area (Å²) in [6, 6.07) is 13.5. The van der Waals surface area contributed by atoms with Gasteiger partial charge in [0.05, 0.1) is 12.3 Å². The molecule has 11 nitrogen and oxygen atoms in total. The second-order valence-electron chi connectivity index (χ2n) is 8.00. The van der Waals surface area contributed by atoms with Crippen molar-refractivity contribution >= 4 is 35.3 Å². The molecule has 4 heterocycles. The van der Waals surface area contributed by atoms with Gasteiger partial charge in [-0.25, -0.2) is 4.98 Å². The van der Waals surface area contributed by atoms with E-state index in [1.807, 2.05) is 54.0 Å². The summed E-state index contributed by atoms with van der Waals surface area (Å²) in [6.07, 6.45) is 3.14. The predicted molar refractivity (Wildman–Crippen MR) is 132 cm³/mol. The zero-order valence-corrected chi connectivity index (χ0v) is 19.9. The monoisotopic (exact) mass is 488 g/mol. The minimum absolute atomic E-state index is 0.129. The van der Waals surface area contributed by atoms with Gasteiger partial charge in [-0.05, 0) is 37.1 Å². The number of aromatic nitrogens is 7. The van der Waals surface area contributed by atoms with E-state index in [0.717, 1.165) is 24.2 Å². The normalized spacial score (nSPS) is 13.4. The van der Waals surface area contributed by atoms with Gasteiger partial charge < -0.3 is 16.0 Å². The van der Waals surface area contributed by atoms with Gasteiger partial charge in [0, 0.05) is 24.8 Å². The summed E-state index contributed by atoms with van der Waals surface area (Å²) in [4.78, 5) is 31.5. The third kappa shape index (κ3) is 5.22. The number of para-hydroxylation sites is 1. The van der Waals surface area contributed by atoms with E-state index in [9.17, 15) is 4.79 Å². The molecule has 35 heavy (non-hydrogen) atoms. The van der Waals surface area contributed by atoms with Crippen LogP contribution in [-0.2, 0) is 17.1 Å². The van der Waals surface area contributed by atoms with Crippen molar-refractivity contribution in [2.75, 3.05) is 17.6 Å². The Balaban J connectivity index is 1.38. The highest BCUT2D eigenvalue weighted by Crippen LogP contribution is 2.26. The predicted octanol–water partition coefficient (Wildman–Crippen LogP) is 2.90. The van der Waals surface area contributed by atoms with Gasteiger partial charge in [-0.15, -0.1) is 10.2 Å². The number of nitrogens with two attached hydrogens (primary N) is 1. The number of pyridine rings is 1. The highest BCUT2D eigenvalue weighted by Gasteiger charge is 2.24. The number of thioether (sulfide) groups is 1. The fourth-order valence-electron chi connectivity index (χ4n) is 3.78. The van der Waals surface area contributed by atoms with E-state index in [2.05, 4.69) is 35.5 Å². The summed E-state index contributed by atoms with van der Waals surface area (Å²) in [7, 11) is 0. The first-order valence-electron chi connectivity index (χ1n) is 11.2.